The van der Waals surface area contributed by atoms with Crippen molar-refractivity contribution in [3.63, 3.8) is 0 Å². The van der Waals surface area contributed by atoms with Crippen molar-refractivity contribution in [3.8, 4) is 0 Å². The third kappa shape index (κ3) is 3.89. The molecule has 2 aromatic rings. The number of carbonyl (C=O) groups is 1. The summed E-state index contributed by atoms with van der Waals surface area (Å²) in [5, 5.41) is 3.53. The molecule has 114 valence electrons. The van der Waals surface area contributed by atoms with Crippen LogP contribution in [-0.4, -0.2) is 26.9 Å². The Kier molecular flexibility index (Phi) is 4.79. The van der Waals surface area contributed by atoms with Gasteiger partial charge in [0.15, 0.2) is 0 Å². The lowest BCUT2D eigenvalue weighted by atomic mass is 10.1. The maximum atomic E-state index is 12.2. The van der Waals surface area contributed by atoms with E-state index in [0.717, 1.165) is 16.9 Å². The normalized spacial score (nSPS) is 11.9. The van der Waals surface area contributed by atoms with Crippen molar-refractivity contribution in [2.24, 2.45) is 0 Å². The number of alkyl halides is 1. The molecule has 1 amide bonds. The van der Waals surface area contributed by atoms with Crippen molar-refractivity contribution in [1.82, 2.24) is 14.9 Å². The molecule has 4 nitrogen and oxygen atoms in total. The fourth-order valence-electron chi connectivity index (χ4n) is 2.24. The Morgan fingerprint density at radius 3 is 2.71 bits per heavy atom. The fourth-order valence-corrected chi connectivity index (χ4v) is 2.68. The molecule has 0 saturated heterocycles. The zero-order valence-electron chi connectivity index (χ0n) is 12.4. The van der Waals surface area contributed by atoms with Crippen molar-refractivity contribution < 1.29 is 4.79 Å². The van der Waals surface area contributed by atoms with Gasteiger partial charge in [-0.15, -0.1) is 11.6 Å². The Hall–Kier alpha value is -1.26. The second-order valence-corrected chi connectivity index (χ2v) is 6.74. The number of carbonyl (C=O) groups excluding carboxylic acids is 1. The zero-order chi connectivity index (χ0) is 15.6. The van der Waals surface area contributed by atoms with Crippen LogP contribution in [0.4, 0.5) is 0 Å². The molecule has 1 aromatic heterocycles. The SMILES string of the molecule is CC(C)(C)NC(=O)Cn1c(CCCl)nc2cccc(Cl)c21. The first-order valence-corrected chi connectivity index (χ1v) is 7.73. The van der Waals surface area contributed by atoms with E-state index in [9.17, 15) is 4.79 Å². The fraction of sp³-hybridized carbons (Fsp3) is 0.467. The molecule has 0 unspecified atom stereocenters. The summed E-state index contributed by atoms with van der Waals surface area (Å²) >= 11 is 12.1. The number of fused-ring (bicyclic) bond motifs is 1. The van der Waals surface area contributed by atoms with Crippen molar-refractivity contribution in [2.45, 2.75) is 39.3 Å². The van der Waals surface area contributed by atoms with Crippen LogP contribution in [0.2, 0.25) is 5.02 Å². The summed E-state index contributed by atoms with van der Waals surface area (Å²) < 4.78 is 1.85. The highest BCUT2D eigenvalue weighted by atomic mass is 35.5. The minimum atomic E-state index is -0.274. The number of aromatic nitrogens is 2. The number of halogens is 2. The van der Waals surface area contributed by atoms with E-state index in [-0.39, 0.29) is 18.0 Å². The molecule has 0 spiro atoms. The van der Waals surface area contributed by atoms with Gasteiger partial charge in [0.25, 0.3) is 0 Å². The van der Waals surface area contributed by atoms with Crippen molar-refractivity contribution in [1.29, 1.82) is 0 Å². The van der Waals surface area contributed by atoms with Gasteiger partial charge in [0.2, 0.25) is 5.91 Å². The van der Waals surface area contributed by atoms with Crippen LogP contribution in [-0.2, 0) is 17.8 Å². The Labute approximate surface area is 134 Å². The topological polar surface area (TPSA) is 46.9 Å². The van der Waals surface area contributed by atoms with Crippen LogP contribution < -0.4 is 5.32 Å². The first-order valence-electron chi connectivity index (χ1n) is 6.82. The Morgan fingerprint density at radius 1 is 1.38 bits per heavy atom. The number of amides is 1. The van der Waals surface area contributed by atoms with Gasteiger partial charge in [0, 0.05) is 17.8 Å². The Bertz CT molecular complexity index is 659. The molecule has 0 bridgehead atoms. The van der Waals surface area contributed by atoms with Gasteiger partial charge >= 0.3 is 0 Å². The van der Waals surface area contributed by atoms with E-state index in [1.807, 2.05) is 37.5 Å². The summed E-state index contributed by atoms with van der Waals surface area (Å²) in [6, 6.07) is 5.53. The van der Waals surface area contributed by atoms with E-state index in [1.54, 1.807) is 6.07 Å². The molecule has 21 heavy (non-hydrogen) atoms. The quantitative estimate of drug-likeness (QED) is 0.875. The lowest BCUT2D eigenvalue weighted by Gasteiger charge is -2.21. The summed E-state index contributed by atoms with van der Waals surface area (Å²) in [6.07, 6.45) is 0.593. The number of hydrogen-bond donors (Lipinski definition) is 1. The standard InChI is InChI=1S/C15H19Cl2N3O/c1-15(2,3)19-13(21)9-20-12(7-8-16)18-11-6-4-5-10(17)14(11)20/h4-6H,7-9H2,1-3H3,(H,19,21). The first kappa shape index (κ1) is 16.1. The molecule has 0 atom stereocenters. The van der Waals surface area contributed by atoms with E-state index in [0.29, 0.717) is 17.3 Å². The summed E-state index contributed by atoms with van der Waals surface area (Å²) in [6.45, 7) is 6.03. The van der Waals surface area contributed by atoms with Crippen LogP contribution in [0.15, 0.2) is 18.2 Å². The lowest BCUT2D eigenvalue weighted by Crippen LogP contribution is -2.42. The largest absolute Gasteiger partial charge is 0.350 e. The van der Waals surface area contributed by atoms with Crippen LogP contribution in [0.25, 0.3) is 11.0 Å². The number of imidazole rings is 1. The number of hydrogen-bond acceptors (Lipinski definition) is 2. The van der Waals surface area contributed by atoms with E-state index < -0.39 is 0 Å². The first-order chi connectivity index (χ1) is 9.81. The van der Waals surface area contributed by atoms with Gasteiger partial charge in [0.05, 0.1) is 16.1 Å². The number of aryl methyl sites for hydroxylation is 1. The monoisotopic (exact) mass is 327 g/mol. The minimum Gasteiger partial charge on any atom is -0.350 e. The highest BCUT2D eigenvalue weighted by molar-refractivity contribution is 6.35. The van der Waals surface area contributed by atoms with Gasteiger partial charge in [-0.2, -0.15) is 0 Å². The molecule has 0 fully saturated rings. The Morgan fingerprint density at radius 2 is 2.10 bits per heavy atom. The maximum absolute atomic E-state index is 12.2. The van der Waals surface area contributed by atoms with Gasteiger partial charge in [-0.1, -0.05) is 17.7 Å². The van der Waals surface area contributed by atoms with Crippen LogP contribution >= 0.6 is 23.2 Å². The predicted molar refractivity (Wildman–Crippen MR) is 87.1 cm³/mol. The van der Waals surface area contributed by atoms with E-state index in [1.165, 1.54) is 0 Å². The highest BCUT2D eigenvalue weighted by Crippen LogP contribution is 2.25. The number of para-hydroxylation sites is 1. The van der Waals surface area contributed by atoms with Crippen LogP contribution in [0, 0.1) is 0 Å². The molecule has 6 heteroatoms. The molecule has 0 radical (unpaired) electrons. The molecule has 2 rings (SSSR count). The average molecular weight is 328 g/mol. The molecule has 0 aliphatic rings. The second kappa shape index (κ2) is 6.24. The van der Waals surface area contributed by atoms with E-state index in [2.05, 4.69) is 10.3 Å². The van der Waals surface area contributed by atoms with E-state index in [4.69, 9.17) is 23.2 Å². The maximum Gasteiger partial charge on any atom is 0.240 e. The van der Waals surface area contributed by atoms with Crippen molar-refractivity contribution in [2.75, 3.05) is 5.88 Å². The van der Waals surface area contributed by atoms with Crippen LogP contribution in [0.5, 0.6) is 0 Å². The molecule has 1 heterocycles. The molecule has 0 aliphatic carbocycles. The van der Waals surface area contributed by atoms with Crippen LogP contribution in [0.1, 0.15) is 26.6 Å². The zero-order valence-corrected chi connectivity index (χ0v) is 13.9. The molecule has 0 aliphatic heterocycles. The molecular formula is C15H19Cl2N3O. The smallest absolute Gasteiger partial charge is 0.240 e. The Balaban J connectivity index is 2.40. The molecule has 0 saturated carbocycles. The van der Waals surface area contributed by atoms with Gasteiger partial charge in [0.1, 0.15) is 12.4 Å². The van der Waals surface area contributed by atoms with E-state index >= 15 is 0 Å². The predicted octanol–water partition coefficient (Wildman–Crippen LogP) is 3.39. The molecular weight excluding hydrogens is 309 g/mol. The minimum absolute atomic E-state index is 0.0717. The highest BCUT2D eigenvalue weighted by Gasteiger charge is 2.18. The van der Waals surface area contributed by atoms with Crippen molar-refractivity contribution in [3.05, 3.63) is 29.0 Å². The number of benzene rings is 1. The van der Waals surface area contributed by atoms with Gasteiger partial charge in [-0.25, -0.2) is 4.98 Å². The number of nitrogens with zero attached hydrogens (tertiary/aromatic N) is 2. The van der Waals surface area contributed by atoms with Crippen molar-refractivity contribution >= 4 is 40.1 Å². The summed E-state index contributed by atoms with van der Waals surface area (Å²) in [4.78, 5) is 16.7. The molecule has 1 N–H and O–H groups in total. The summed E-state index contributed by atoms with van der Waals surface area (Å²) in [5.41, 5.74) is 1.29. The third-order valence-electron chi connectivity index (χ3n) is 2.93. The average Bonchev–Trinajstić information content (AvgIpc) is 2.67. The summed E-state index contributed by atoms with van der Waals surface area (Å²) in [5.74, 6) is 1.15. The molecule has 1 aromatic carbocycles. The third-order valence-corrected chi connectivity index (χ3v) is 3.42. The number of nitrogens with one attached hydrogen (secondary N) is 1. The lowest BCUT2D eigenvalue weighted by molar-refractivity contribution is -0.123. The van der Waals surface area contributed by atoms with Gasteiger partial charge in [-0.05, 0) is 32.9 Å². The van der Waals surface area contributed by atoms with Gasteiger partial charge in [-0.3, -0.25) is 4.79 Å². The second-order valence-electron chi connectivity index (χ2n) is 5.96. The van der Waals surface area contributed by atoms with Crippen LogP contribution in [0.3, 0.4) is 0 Å². The number of rotatable bonds is 4. The summed E-state index contributed by atoms with van der Waals surface area (Å²) in [7, 11) is 0. The van der Waals surface area contributed by atoms with Gasteiger partial charge < -0.3 is 9.88 Å².